The minimum atomic E-state index is 0.931. The van der Waals surface area contributed by atoms with E-state index in [1.165, 1.54) is 22.2 Å². The molecule has 0 unspecified atom stereocenters. The summed E-state index contributed by atoms with van der Waals surface area (Å²) in [4.78, 5) is 0. The highest BCUT2D eigenvalue weighted by Crippen LogP contribution is 2.26. The molecule has 1 aromatic rings. The van der Waals surface area contributed by atoms with Crippen LogP contribution in [0.25, 0.3) is 0 Å². The maximum atomic E-state index is 5.19. The Morgan fingerprint density at radius 2 is 2.21 bits per heavy atom. The van der Waals surface area contributed by atoms with Gasteiger partial charge < -0.3 is 4.74 Å². The Kier molecular flexibility index (Phi) is 5.41. The molecule has 0 spiro atoms. The van der Waals surface area contributed by atoms with Crippen molar-refractivity contribution in [3.8, 4) is 5.75 Å². The zero-order valence-corrected chi connectivity index (χ0v) is 11.0. The summed E-state index contributed by atoms with van der Waals surface area (Å²) in [6.45, 7) is 2.20. The van der Waals surface area contributed by atoms with Gasteiger partial charge in [-0.05, 0) is 35.9 Å². The van der Waals surface area contributed by atoms with Gasteiger partial charge >= 0.3 is 0 Å². The van der Waals surface area contributed by atoms with E-state index in [1.807, 2.05) is 23.9 Å². The number of thioether (sulfide) groups is 1. The first-order valence-corrected chi connectivity index (χ1v) is 6.63. The van der Waals surface area contributed by atoms with Gasteiger partial charge in [0, 0.05) is 10.2 Å². The Bertz CT molecular complexity index is 289. The highest BCUT2D eigenvalue weighted by Gasteiger charge is 2.01. The molecule has 0 bridgehead atoms. The molecule has 0 aliphatic carbocycles. The minimum Gasteiger partial charge on any atom is -0.497 e. The van der Waals surface area contributed by atoms with Crippen LogP contribution in [-0.2, 0) is 5.75 Å². The first-order valence-electron chi connectivity index (χ1n) is 4.68. The van der Waals surface area contributed by atoms with Crippen LogP contribution < -0.4 is 4.74 Å². The van der Waals surface area contributed by atoms with E-state index >= 15 is 0 Å². The van der Waals surface area contributed by atoms with Gasteiger partial charge in [-0.3, -0.25) is 0 Å². The Labute approximate surface area is 98.4 Å². The smallest absolute Gasteiger partial charge is 0.119 e. The van der Waals surface area contributed by atoms with E-state index in [9.17, 15) is 0 Å². The molecule has 3 heteroatoms. The Balaban J connectivity index is 2.64. The number of halogens is 1. The lowest BCUT2D eigenvalue weighted by Crippen LogP contribution is -1.88. The average Bonchev–Trinajstić information content (AvgIpc) is 2.21. The monoisotopic (exact) mass is 274 g/mol. The van der Waals surface area contributed by atoms with Crippen molar-refractivity contribution in [2.75, 3.05) is 12.9 Å². The molecule has 0 N–H and O–H groups in total. The third kappa shape index (κ3) is 3.54. The molecule has 1 rings (SSSR count). The zero-order valence-electron chi connectivity index (χ0n) is 8.55. The predicted octanol–water partition coefficient (Wildman–Crippen LogP) is 4.10. The number of ether oxygens (including phenoxy) is 1. The standard InChI is InChI=1S/C11H15BrOS/c1-3-6-14-8-9-7-10(13-2)4-5-11(9)12/h4-5,7H,3,6,8H2,1-2H3. The number of hydrogen-bond donors (Lipinski definition) is 0. The molecule has 0 aliphatic rings. The van der Waals surface area contributed by atoms with Crippen molar-refractivity contribution in [3.63, 3.8) is 0 Å². The molecule has 0 radical (unpaired) electrons. The van der Waals surface area contributed by atoms with Crippen molar-refractivity contribution in [3.05, 3.63) is 28.2 Å². The third-order valence-corrected chi connectivity index (χ3v) is 3.84. The number of benzene rings is 1. The Hall–Kier alpha value is -0.150. The summed E-state index contributed by atoms with van der Waals surface area (Å²) in [5.41, 5.74) is 1.31. The minimum absolute atomic E-state index is 0.931. The van der Waals surface area contributed by atoms with Gasteiger partial charge in [0.1, 0.15) is 5.75 Å². The molecule has 1 aromatic carbocycles. The van der Waals surface area contributed by atoms with Gasteiger partial charge in [0.25, 0.3) is 0 Å². The predicted molar refractivity (Wildman–Crippen MR) is 67.1 cm³/mol. The topological polar surface area (TPSA) is 9.23 Å². The van der Waals surface area contributed by atoms with Crippen LogP contribution in [0, 0.1) is 0 Å². The molecule has 1 nitrogen and oxygen atoms in total. The molecular formula is C11H15BrOS. The van der Waals surface area contributed by atoms with Crippen LogP contribution in [-0.4, -0.2) is 12.9 Å². The van der Waals surface area contributed by atoms with Crippen LogP contribution in [0.2, 0.25) is 0 Å². The van der Waals surface area contributed by atoms with Gasteiger partial charge in [-0.2, -0.15) is 11.8 Å². The summed E-state index contributed by atoms with van der Waals surface area (Å²) in [5.74, 6) is 3.19. The summed E-state index contributed by atoms with van der Waals surface area (Å²) in [6, 6.07) is 6.10. The molecule has 0 fully saturated rings. The highest BCUT2D eigenvalue weighted by molar-refractivity contribution is 9.10. The molecule has 0 heterocycles. The van der Waals surface area contributed by atoms with E-state index in [1.54, 1.807) is 7.11 Å². The lowest BCUT2D eigenvalue weighted by atomic mass is 10.2. The summed E-state index contributed by atoms with van der Waals surface area (Å²) in [7, 11) is 1.70. The molecular weight excluding hydrogens is 260 g/mol. The van der Waals surface area contributed by atoms with Gasteiger partial charge in [-0.15, -0.1) is 0 Å². The van der Waals surface area contributed by atoms with Crippen molar-refractivity contribution < 1.29 is 4.74 Å². The molecule has 0 aliphatic heterocycles. The SMILES string of the molecule is CCCSCc1cc(OC)ccc1Br. The number of hydrogen-bond acceptors (Lipinski definition) is 2. The molecule has 0 saturated heterocycles. The molecule has 78 valence electrons. The summed E-state index contributed by atoms with van der Waals surface area (Å²) < 4.78 is 6.35. The highest BCUT2D eigenvalue weighted by atomic mass is 79.9. The first-order chi connectivity index (χ1) is 6.77. The first kappa shape index (κ1) is 11.9. The maximum absolute atomic E-state index is 5.19. The Morgan fingerprint density at radius 1 is 1.43 bits per heavy atom. The fourth-order valence-electron chi connectivity index (χ4n) is 1.12. The second kappa shape index (κ2) is 6.36. The van der Waals surface area contributed by atoms with E-state index in [-0.39, 0.29) is 0 Å². The van der Waals surface area contributed by atoms with Crippen LogP contribution in [0.4, 0.5) is 0 Å². The summed E-state index contributed by atoms with van der Waals surface area (Å²) in [5, 5.41) is 0. The van der Waals surface area contributed by atoms with E-state index in [0.29, 0.717) is 0 Å². The largest absolute Gasteiger partial charge is 0.497 e. The van der Waals surface area contributed by atoms with E-state index < -0.39 is 0 Å². The molecule has 14 heavy (non-hydrogen) atoms. The number of rotatable bonds is 5. The fourth-order valence-corrected chi connectivity index (χ4v) is 2.58. The van der Waals surface area contributed by atoms with E-state index in [4.69, 9.17) is 4.74 Å². The van der Waals surface area contributed by atoms with E-state index in [2.05, 4.69) is 28.9 Å². The zero-order chi connectivity index (χ0) is 10.4. The summed E-state index contributed by atoms with van der Waals surface area (Å²) >= 11 is 5.50. The maximum Gasteiger partial charge on any atom is 0.119 e. The molecule has 0 aromatic heterocycles. The molecule has 0 saturated carbocycles. The average molecular weight is 275 g/mol. The second-order valence-corrected chi connectivity index (χ2v) is 4.97. The van der Waals surface area contributed by atoms with Crippen LogP contribution in [0.15, 0.2) is 22.7 Å². The van der Waals surface area contributed by atoms with Crippen LogP contribution in [0.1, 0.15) is 18.9 Å². The van der Waals surface area contributed by atoms with Crippen LogP contribution >= 0.6 is 27.7 Å². The van der Waals surface area contributed by atoms with Gasteiger partial charge in [0.05, 0.1) is 7.11 Å². The normalized spacial score (nSPS) is 10.2. The van der Waals surface area contributed by atoms with Crippen molar-refractivity contribution in [2.45, 2.75) is 19.1 Å². The lowest BCUT2D eigenvalue weighted by molar-refractivity contribution is 0.414. The van der Waals surface area contributed by atoms with Crippen molar-refractivity contribution in [1.29, 1.82) is 0 Å². The van der Waals surface area contributed by atoms with Crippen molar-refractivity contribution >= 4 is 27.7 Å². The number of methoxy groups -OCH3 is 1. The lowest BCUT2D eigenvalue weighted by Gasteiger charge is -2.06. The van der Waals surface area contributed by atoms with E-state index in [0.717, 1.165) is 11.5 Å². The third-order valence-electron chi connectivity index (χ3n) is 1.86. The van der Waals surface area contributed by atoms with Crippen LogP contribution in [0.3, 0.4) is 0 Å². The van der Waals surface area contributed by atoms with Gasteiger partial charge in [0.2, 0.25) is 0 Å². The van der Waals surface area contributed by atoms with Gasteiger partial charge in [0.15, 0.2) is 0 Å². The Morgan fingerprint density at radius 3 is 2.86 bits per heavy atom. The molecule has 0 atom stereocenters. The fraction of sp³-hybridized carbons (Fsp3) is 0.455. The second-order valence-electron chi connectivity index (χ2n) is 3.01. The quantitative estimate of drug-likeness (QED) is 0.748. The molecule has 0 amide bonds. The van der Waals surface area contributed by atoms with Crippen molar-refractivity contribution in [1.82, 2.24) is 0 Å². The van der Waals surface area contributed by atoms with Gasteiger partial charge in [-0.25, -0.2) is 0 Å². The van der Waals surface area contributed by atoms with Gasteiger partial charge in [-0.1, -0.05) is 22.9 Å². The van der Waals surface area contributed by atoms with Crippen molar-refractivity contribution in [2.24, 2.45) is 0 Å². The van der Waals surface area contributed by atoms with Crippen LogP contribution in [0.5, 0.6) is 5.75 Å². The summed E-state index contributed by atoms with van der Waals surface area (Å²) in [6.07, 6.45) is 1.23.